The van der Waals surface area contributed by atoms with E-state index in [1.165, 1.54) is 17.0 Å². The standard InChI is InChI=1S/C34H30F3N7O6/c1-18-34(16-47-17-34)48-11-10-43(18)23-12-19(6-7-20-8-9-42(2)41-20)14-38-32(23)49-21-13-24(33(45)46)44(15-21)31-28-27(39-30(40-31)29(36)37)26-22(35)4-3-5-25(26)50-28/h3-5,8-9,12,14,18,21,24,29H,10-11,13,15-17H2,1-2H3,(H,45,46)/t18-,21+,24+/m1/s1. The maximum absolute atomic E-state index is 14.9. The van der Waals surface area contributed by atoms with Gasteiger partial charge in [-0.15, -0.1) is 0 Å². The van der Waals surface area contributed by atoms with Gasteiger partial charge in [0.1, 0.15) is 46.0 Å². The maximum atomic E-state index is 14.9. The Hall–Kier alpha value is -5.40. The highest BCUT2D eigenvalue weighted by Gasteiger charge is 2.50. The predicted molar refractivity (Wildman–Crippen MR) is 172 cm³/mol. The summed E-state index contributed by atoms with van der Waals surface area (Å²) in [5.74, 6) is 3.36. The molecule has 0 bridgehead atoms. The quantitative estimate of drug-likeness (QED) is 0.257. The molecule has 16 heteroatoms. The van der Waals surface area contributed by atoms with Gasteiger partial charge in [0.25, 0.3) is 6.43 Å². The van der Waals surface area contributed by atoms with E-state index in [0.29, 0.717) is 43.3 Å². The van der Waals surface area contributed by atoms with Gasteiger partial charge in [0.15, 0.2) is 17.2 Å². The molecule has 13 nitrogen and oxygen atoms in total. The minimum Gasteiger partial charge on any atom is -0.480 e. The Morgan fingerprint density at radius 1 is 1.18 bits per heavy atom. The number of morpholine rings is 1. The zero-order valence-corrected chi connectivity index (χ0v) is 26.8. The number of hydrogen-bond acceptors (Lipinski definition) is 11. The Balaban J connectivity index is 1.16. The number of rotatable bonds is 6. The van der Waals surface area contributed by atoms with E-state index >= 15 is 0 Å². The summed E-state index contributed by atoms with van der Waals surface area (Å²) < 4.78 is 68.6. The van der Waals surface area contributed by atoms with Crippen LogP contribution < -0.4 is 14.5 Å². The van der Waals surface area contributed by atoms with Crippen molar-refractivity contribution in [3.05, 3.63) is 65.6 Å². The first kappa shape index (κ1) is 31.8. The summed E-state index contributed by atoms with van der Waals surface area (Å²) in [4.78, 5) is 28.6. The van der Waals surface area contributed by atoms with Gasteiger partial charge < -0.3 is 33.5 Å². The smallest absolute Gasteiger partial charge is 0.326 e. The molecule has 1 aromatic carbocycles. The SMILES string of the molecule is C[C@H]1N(c2cc(C#Cc3ccn(C)n3)cnc2O[C@H]2C[C@@H](C(=O)O)N(c3nc(C(F)F)nc4c3oc3cccc(F)c34)C2)CCOC12COC2. The van der Waals surface area contributed by atoms with Crippen LogP contribution in [0.4, 0.5) is 24.7 Å². The fourth-order valence-corrected chi connectivity index (χ4v) is 6.78. The van der Waals surface area contributed by atoms with Gasteiger partial charge in [-0.1, -0.05) is 12.0 Å². The number of carbonyl (C=O) groups is 1. The van der Waals surface area contributed by atoms with Crippen LogP contribution in [0.1, 0.15) is 36.9 Å². The lowest BCUT2D eigenvalue weighted by Gasteiger charge is -2.53. The number of benzene rings is 1. The molecule has 3 saturated heterocycles. The number of ether oxygens (including phenoxy) is 3. The van der Waals surface area contributed by atoms with Crippen LogP contribution in [-0.2, 0) is 21.3 Å². The molecule has 3 atom stereocenters. The number of aromatic nitrogens is 5. The van der Waals surface area contributed by atoms with Crippen molar-refractivity contribution < 1.29 is 41.7 Å². The fraction of sp³-hybridized carbons (Fsp3) is 0.382. The van der Waals surface area contributed by atoms with Crippen molar-refractivity contribution in [2.24, 2.45) is 7.05 Å². The lowest BCUT2D eigenvalue weighted by Crippen LogP contribution is -2.68. The lowest BCUT2D eigenvalue weighted by molar-refractivity contribution is -0.228. The van der Waals surface area contributed by atoms with Crippen LogP contribution in [0.3, 0.4) is 0 Å². The number of furan rings is 1. The van der Waals surface area contributed by atoms with Crippen molar-refractivity contribution in [2.75, 3.05) is 42.7 Å². The molecule has 50 heavy (non-hydrogen) atoms. The molecular weight excluding hydrogens is 659 g/mol. The third-order valence-corrected chi connectivity index (χ3v) is 9.42. The second-order valence-electron chi connectivity index (χ2n) is 12.5. The Morgan fingerprint density at radius 3 is 2.74 bits per heavy atom. The van der Waals surface area contributed by atoms with Crippen molar-refractivity contribution in [3.63, 3.8) is 0 Å². The third kappa shape index (κ3) is 5.42. The number of aryl methyl sites for hydroxylation is 1. The van der Waals surface area contributed by atoms with Crippen molar-refractivity contribution in [1.29, 1.82) is 0 Å². The molecule has 0 unspecified atom stereocenters. The number of carboxylic acid groups (broad SMARTS) is 1. The maximum Gasteiger partial charge on any atom is 0.326 e. The minimum atomic E-state index is -3.11. The number of hydrogen-bond donors (Lipinski definition) is 1. The monoisotopic (exact) mass is 689 g/mol. The molecule has 3 aliphatic rings. The Kier molecular flexibility index (Phi) is 7.76. The molecular formula is C34H30F3N7O6. The summed E-state index contributed by atoms with van der Waals surface area (Å²) in [6, 6.07) is 6.33. The topological polar surface area (TPSA) is 141 Å². The number of aliphatic carboxylic acids is 1. The van der Waals surface area contributed by atoms with Gasteiger partial charge in [0.05, 0.1) is 37.8 Å². The number of carboxylic acids is 1. The molecule has 1 spiro atoms. The Bertz CT molecular complexity index is 2190. The van der Waals surface area contributed by atoms with E-state index < -0.39 is 41.8 Å². The van der Waals surface area contributed by atoms with Crippen molar-refractivity contribution >= 4 is 39.5 Å². The normalized spacial score (nSPS) is 21.5. The largest absolute Gasteiger partial charge is 0.480 e. The summed E-state index contributed by atoms with van der Waals surface area (Å²) in [5, 5.41) is 14.5. The van der Waals surface area contributed by atoms with Crippen LogP contribution in [0.25, 0.3) is 22.1 Å². The van der Waals surface area contributed by atoms with Crippen LogP contribution in [-0.4, -0.2) is 92.5 Å². The molecule has 0 saturated carbocycles. The van der Waals surface area contributed by atoms with E-state index in [9.17, 15) is 23.1 Å². The molecule has 3 aliphatic heterocycles. The number of pyridine rings is 1. The highest BCUT2D eigenvalue weighted by atomic mass is 19.3. The average Bonchev–Trinajstić information content (AvgIpc) is 3.80. The molecule has 7 heterocycles. The van der Waals surface area contributed by atoms with Gasteiger partial charge in [-0.05, 0) is 37.1 Å². The lowest BCUT2D eigenvalue weighted by atomic mass is 9.90. The van der Waals surface area contributed by atoms with E-state index in [0.717, 1.165) is 6.07 Å². The van der Waals surface area contributed by atoms with E-state index in [-0.39, 0.29) is 52.8 Å². The van der Waals surface area contributed by atoms with Gasteiger partial charge in [-0.25, -0.2) is 32.9 Å². The summed E-state index contributed by atoms with van der Waals surface area (Å²) in [7, 11) is 1.80. The summed E-state index contributed by atoms with van der Waals surface area (Å²) in [6.07, 6.45) is -0.568. The van der Waals surface area contributed by atoms with Crippen LogP contribution in [0, 0.1) is 17.7 Å². The number of nitrogens with zero attached hydrogens (tertiary/aromatic N) is 7. The first-order valence-corrected chi connectivity index (χ1v) is 15.9. The molecule has 0 amide bonds. The summed E-state index contributed by atoms with van der Waals surface area (Å²) in [6.45, 7) is 3.78. The third-order valence-electron chi connectivity index (χ3n) is 9.42. The molecule has 3 fully saturated rings. The van der Waals surface area contributed by atoms with Crippen molar-refractivity contribution in [2.45, 2.75) is 43.6 Å². The number of alkyl halides is 2. The number of fused-ring (bicyclic) bond motifs is 3. The zero-order valence-electron chi connectivity index (χ0n) is 26.8. The highest BCUT2D eigenvalue weighted by molar-refractivity contribution is 6.06. The molecule has 5 aromatic rings. The molecule has 0 radical (unpaired) electrons. The molecule has 0 aliphatic carbocycles. The van der Waals surface area contributed by atoms with Gasteiger partial charge in [0, 0.05) is 38.0 Å². The second kappa shape index (κ2) is 12.2. The van der Waals surface area contributed by atoms with Gasteiger partial charge in [-0.2, -0.15) is 5.10 Å². The van der Waals surface area contributed by atoms with Gasteiger partial charge in [-0.3, -0.25) is 4.68 Å². The molecule has 8 rings (SSSR count). The first-order chi connectivity index (χ1) is 24.1. The van der Waals surface area contributed by atoms with Crippen molar-refractivity contribution in [1.82, 2.24) is 24.7 Å². The van der Waals surface area contributed by atoms with E-state index in [4.69, 9.17) is 18.6 Å². The minimum absolute atomic E-state index is 0.0434. The molecule has 4 aromatic heterocycles. The van der Waals surface area contributed by atoms with Crippen LogP contribution >= 0.6 is 0 Å². The van der Waals surface area contributed by atoms with Crippen LogP contribution in [0.5, 0.6) is 5.88 Å². The summed E-state index contributed by atoms with van der Waals surface area (Å²) in [5.41, 5.74) is 1.10. The second-order valence-corrected chi connectivity index (χ2v) is 12.5. The zero-order chi connectivity index (χ0) is 34.7. The van der Waals surface area contributed by atoms with E-state index in [1.807, 2.05) is 13.0 Å². The molecule has 1 N–H and O–H groups in total. The first-order valence-electron chi connectivity index (χ1n) is 15.9. The van der Waals surface area contributed by atoms with Crippen LogP contribution in [0.15, 0.2) is 47.1 Å². The van der Waals surface area contributed by atoms with E-state index in [1.54, 1.807) is 30.2 Å². The van der Waals surface area contributed by atoms with Crippen LogP contribution in [0.2, 0.25) is 0 Å². The predicted octanol–water partition coefficient (Wildman–Crippen LogP) is 4.09. The fourth-order valence-electron chi connectivity index (χ4n) is 6.78. The van der Waals surface area contributed by atoms with Crippen molar-refractivity contribution in [3.8, 4) is 17.7 Å². The average molecular weight is 690 g/mol. The Morgan fingerprint density at radius 2 is 2.02 bits per heavy atom. The summed E-state index contributed by atoms with van der Waals surface area (Å²) >= 11 is 0. The Labute approximate surface area is 282 Å². The molecule has 258 valence electrons. The van der Waals surface area contributed by atoms with Gasteiger partial charge >= 0.3 is 5.97 Å². The van der Waals surface area contributed by atoms with E-state index in [2.05, 4.69) is 36.8 Å². The highest BCUT2D eigenvalue weighted by Crippen LogP contribution is 2.41. The van der Waals surface area contributed by atoms with Gasteiger partial charge in [0.2, 0.25) is 5.88 Å². The number of anilines is 2. The number of halogens is 3.